The van der Waals surface area contributed by atoms with Crippen LogP contribution in [0.4, 0.5) is 0 Å². The molecule has 59 heavy (non-hydrogen) atoms. The van der Waals surface area contributed by atoms with Crippen LogP contribution in [0, 0.1) is 0 Å². The summed E-state index contributed by atoms with van der Waals surface area (Å²) in [5.74, 6) is 1.85. The molecule has 0 unspecified atom stereocenters. The first kappa shape index (κ1) is 54.3. The highest BCUT2D eigenvalue weighted by Gasteiger charge is 2.16. The number of hydrogen-bond acceptors (Lipinski definition) is 10. The molecule has 0 bridgehead atoms. The number of hydrogen-bond donors (Lipinski definition) is 0. The van der Waals surface area contributed by atoms with Crippen LogP contribution in [0.5, 0.6) is 17.2 Å². The molecular weight excluding hydrogens is 749 g/mol. The van der Waals surface area contributed by atoms with E-state index in [1.54, 1.807) is 30.4 Å². The van der Waals surface area contributed by atoms with E-state index in [2.05, 4.69) is 19.7 Å². The van der Waals surface area contributed by atoms with Crippen molar-refractivity contribution in [2.75, 3.05) is 59.5 Å². The number of carbonyl (C=O) groups excluding carboxylic acids is 1. The number of rotatable bonds is 49. The first-order valence-corrected chi connectivity index (χ1v) is 23.3. The van der Waals surface area contributed by atoms with Crippen LogP contribution in [0.2, 0.25) is 0 Å². The Morgan fingerprint density at radius 3 is 0.864 bits per heavy atom. The van der Waals surface area contributed by atoms with Crippen molar-refractivity contribution in [3.05, 3.63) is 55.7 Å². The van der Waals surface area contributed by atoms with Gasteiger partial charge in [0, 0.05) is 5.56 Å². The van der Waals surface area contributed by atoms with Crippen LogP contribution in [0.15, 0.2) is 50.1 Å². The smallest absolute Gasteiger partial charge is 0.203 e. The molecular formula is C49H84O10. The quantitative estimate of drug-likeness (QED) is 0.0207. The van der Waals surface area contributed by atoms with Gasteiger partial charge in [0.1, 0.15) is 26.1 Å². The van der Waals surface area contributed by atoms with Crippen LogP contribution >= 0.6 is 0 Å². The van der Waals surface area contributed by atoms with Crippen molar-refractivity contribution in [1.29, 1.82) is 0 Å². The van der Waals surface area contributed by atoms with Gasteiger partial charge in [-0.1, -0.05) is 153 Å². The molecule has 1 aromatic carbocycles. The molecule has 1 aromatic rings. The minimum atomic E-state index is 0.433. The largest absolute Gasteiger partial charge is 0.490 e. The molecule has 0 radical (unpaired) electrons. The van der Waals surface area contributed by atoms with E-state index >= 15 is 0 Å². The van der Waals surface area contributed by atoms with Crippen molar-refractivity contribution in [3.8, 4) is 17.2 Å². The number of unbranched alkanes of at least 4 members (excludes halogenated alkanes) is 24. The van der Waals surface area contributed by atoms with Gasteiger partial charge in [-0.3, -0.25) is 4.79 Å². The molecule has 1 rings (SSSR count). The number of benzene rings is 1. The third-order valence-corrected chi connectivity index (χ3v) is 9.86. The third-order valence-electron chi connectivity index (χ3n) is 9.86. The molecule has 0 saturated heterocycles. The first-order valence-electron chi connectivity index (χ1n) is 23.3. The van der Waals surface area contributed by atoms with Crippen molar-refractivity contribution in [1.82, 2.24) is 0 Å². The summed E-state index contributed by atoms with van der Waals surface area (Å²) in [5, 5.41) is 0. The van der Waals surface area contributed by atoms with Crippen molar-refractivity contribution in [3.63, 3.8) is 0 Å². The van der Waals surface area contributed by atoms with E-state index in [0.29, 0.717) is 82.3 Å². The van der Waals surface area contributed by atoms with E-state index in [1.165, 1.54) is 116 Å². The van der Waals surface area contributed by atoms with E-state index in [0.717, 1.165) is 64.1 Å². The zero-order valence-corrected chi connectivity index (χ0v) is 37.1. The van der Waals surface area contributed by atoms with E-state index < -0.39 is 0 Å². The van der Waals surface area contributed by atoms with Crippen LogP contribution in [-0.2, 0) is 29.3 Å². The van der Waals surface area contributed by atoms with Gasteiger partial charge in [0.2, 0.25) is 5.75 Å². The van der Waals surface area contributed by atoms with Crippen LogP contribution in [0.3, 0.4) is 0 Å². The van der Waals surface area contributed by atoms with Gasteiger partial charge in [0.25, 0.3) is 0 Å². The Kier molecular flexibility index (Phi) is 41.2. The average molecular weight is 833 g/mol. The highest BCUT2D eigenvalue weighted by atomic mass is 17.2. The summed E-state index contributed by atoms with van der Waals surface area (Å²) in [7, 11) is 0. The second-order valence-corrected chi connectivity index (χ2v) is 15.2. The van der Waals surface area contributed by atoms with E-state index in [4.69, 9.17) is 43.5 Å². The maximum absolute atomic E-state index is 12.0. The summed E-state index contributed by atoms with van der Waals surface area (Å²) in [5.41, 5.74) is 0.544. The molecule has 0 aliphatic heterocycles. The Bertz CT molecular complexity index is 1040. The second kappa shape index (κ2) is 44.8. The van der Waals surface area contributed by atoms with Crippen molar-refractivity contribution >= 4 is 6.29 Å². The maximum atomic E-state index is 12.0. The monoisotopic (exact) mass is 833 g/mol. The topological polar surface area (TPSA) is 100 Å². The molecule has 0 aliphatic carbocycles. The zero-order chi connectivity index (χ0) is 42.4. The molecule has 0 aromatic heterocycles. The minimum Gasteiger partial charge on any atom is -0.490 e. The first-order chi connectivity index (χ1) is 29.3. The van der Waals surface area contributed by atoms with E-state index in [-0.39, 0.29) is 0 Å². The summed E-state index contributed by atoms with van der Waals surface area (Å²) in [6.45, 7) is 15.8. The fraction of sp³-hybridized carbons (Fsp3) is 0.735. The number of carbonyl (C=O) groups is 1. The highest BCUT2D eigenvalue weighted by molar-refractivity contribution is 5.78. The van der Waals surface area contributed by atoms with Gasteiger partial charge in [0.15, 0.2) is 11.5 Å². The molecule has 10 nitrogen and oxygen atoms in total. The molecule has 340 valence electrons. The number of ether oxygens (including phenoxy) is 3. The van der Waals surface area contributed by atoms with Crippen molar-refractivity contribution in [2.24, 2.45) is 0 Å². The molecule has 0 atom stereocenters. The third kappa shape index (κ3) is 35.7. The Hall–Kier alpha value is -2.73. The summed E-state index contributed by atoms with van der Waals surface area (Å²) >= 11 is 0. The fourth-order valence-corrected chi connectivity index (χ4v) is 6.53. The average Bonchev–Trinajstić information content (AvgIpc) is 3.25. The van der Waals surface area contributed by atoms with Gasteiger partial charge >= 0.3 is 0 Å². The standard InChI is InChI=1S/C49H84O10/c1-4-34-54-57-40-31-25-19-13-7-10-16-22-28-37-51-47-43-46(45-50)44-48(52-38-29-23-17-11-8-14-20-26-32-41-58-55-35-5-2)49(47)53-39-30-24-18-12-9-15-21-27-33-42-59-56-36-6-3/h4-6,43-45H,1-3,7-42H2. The van der Waals surface area contributed by atoms with Crippen LogP contribution < -0.4 is 14.2 Å². The van der Waals surface area contributed by atoms with Crippen LogP contribution in [-0.4, -0.2) is 65.7 Å². The Morgan fingerprint density at radius 2 is 0.593 bits per heavy atom. The summed E-state index contributed by atoms with van der Waals surface area (Å²) in [6.07, 6.45) is 37.2. The molecule has 0 amide bonds. The van der Waals surface area contributed by atoms with Gasteiger partial charge in [-0.2, -0.15) is 0 Å². The lowest BCUT2D eigenvalue weighted by Crippen LogP contribution is -2.07. The molecule has 0 spiro atoms. The lowest BCUT2D eigenvalue weighted by Gasteiger charge is -2.18. The molecule has 0 saturated carbocycles. The Morgan fingerprint density at radius 1 is 0.339 bits per heavy atom. The predicted molar refractivity (Wildman–Crippen MR) is 239 cm³/mol. The molecule has 0 N–H and O–H groups in total. The van der Waals surface area contributed by atoms with E-state index in [1.807, 2.05) is 0 Å². The Labute approximate surface area is 359 Å². The van der Waals surface area contributed by atoms with Gasteiger partial charge < -0.3 is 14.2 Å². The summed E-state index contributed by atoms with van der Waals surface area (Å²) in [6, 6.07) is 3.60. The number of aldehydes is 1. The highest BCUT2D eigenvalue weighted by Crippen LogP contribution is 2.39. The van der Waals surface area contributed by atoms with Crippen LogP contribution in [0.1, 0.15) is 184 Å². The predicted octanol–water partition coefficient (Wildman–Crippen LogP) is 13.6. The van der Waals surface area contributed by atoms with Gasteiger partial charge in [-0.25, -0.2) is 29.3 Å². The SMILES string of the molecule is C=CCOOCCCCCCCCCCCOc1cc(C=O)cc(OCCCCCCCCCCCOOCC=C)c1OCCCCCCCCCCCOOCC=C. The summed E-state index contributed by atoms with van der Waals surface area (Å²) < 4.78 is 19.0. The minimum absolute atomic E-state index is 0.433. The van der Waals surface area contributed by atoms with Gasteiger partial charge in [-0.15, -0.1) is 19.7 Å². The fourth-order valence-electron chi connectivity index (χ4n) is 6.53. The maximum Gasteiger partial charge on any atom is 0.203 e. The van der Waals surface area contributed by atoms with Crippen molar-refractivity contribution in [2.45, 2.75) is 173 Å². The van der Waals surface area contributed by atoms with Gasteiger partial charge in [-0.05, 0) is 50.7 Å². The Balaban J connectivity index is 2.45. The van der Waals surface area contributed by atoms with E-state index in [9.17, 15) is 4.79 Å². The molecule has 10 heteroatoms. The van der Waals surface area contributed by atoms with Gasteiger partial charge in [0.05, 0.1) is 39.6 Å². The molecule has 0 aliphatic rings. The molecule has 0 heterocycles. The van der Waals surface area contributed by atoms with Crippen LogP contribution in [0.25, 0.3) is 0 Å². The normalized spacial score (nSPS) is 11.1. The van der Waals surface area contributed by atoms with Crippen molar-refractivity contribution < 1.29 is 48.3 Å². The lowest BCUT2D eigenvalue weighted by molar-refractivity contribution is -0.286. The lowest BCUT2D eigenvalue weighted by atomic mass is 10.1. The zero-order valence-electron chi connectivity index (χ0n) is 37.1. The second-order valence-electron chi connectivity index (χ2n) is 15.2. The molecule has 0 fully saturated rings. The summed E-state index contributed by atoms with van der Waals surface area (Å²) in [4.78, 5) is 42.2.